The molecule has 0 spiro atoms. The number of carbonyl (C=O) groups excluding carboxylic acids is 1. The van der Waals surface area contributed by atoms with Gasteiger partial charge in [-0.1, -0.05) is 28.9 Å². The molecule has 0 saturated carbocycles. The topological polar surface area (TPSA) is 86.5 Å². The van der Waals surface area contributed by atoms with E-state index in [1.54, 1.807) is 30.3 Å². The molecule has 0 aliphatic rings. The summed E-state index contributed by atoms with van der Waals surface area (Å²) in [5, 5.41) is 7.13. The first kappa shape index (κ1) is 17.8. The van der Waals surface area contributed by atoms with E-state index in [1.807, 2.05) is 12.1 Å². The smallest absolute Gasteiger partial charge is 0.251 e. The summed E-state index contributed by atoms with van der Waals surface area (Å²) in [7, 11) is 3.04. The second kappa shape index (κ2) is 7.88. The monoisotopic (exact) mass is 373 g/mol. The van der Waals surface area contributed by atoms with E-state index in [9.17, 15) is 4.79 Å². The predicted molar refractivity (Wildman–Crippen MR) is 95.5 cm³/mol. The second-order valence-corrected chi connectivity index (χ2v) is 5.68. The second-order valence-electron chi connectivity index (χ2n) is 5.28. The van der Waals surface area contributed by atoms with Crippen LogP contribution in [-0.2, 0) is 6.54 Å². The van der Waals surface area contributed by atoms with Crippen molar-refractivity contribution in [2.75, 3.05) is 14.2 Å². The van der Waals surface area contributed by atoms with E-state index in [4.69, 9.17) is 25.6 Å². The minimum Gasteiger partial charge on any atom is -0.497 e. The molecule has 0 fully saturated rings. The quantitative estimate of drug-likeness (QED) is 0.713. The number of hydrogen-bond acceptors (Lipinski definition) is 6. The summed E-state index contributed by atoms with van der Waals surface area (Å²) >= 11 is 6.12. The third-order valence-electron chi connectivity index (χ3n) is 3.60. The van der Waals surface area contributed by atoms with Gasteiger partial charge in [0.15, 0.2) is 0 Å². The number of rotatable bonds is 6. The highest BCUT2D eigenvalue weighted by Gasteiger charge is 2.14. The average Bonchev–Trinajstić information content (AvgIpc) is 3.14. The molecule has 26 heavy (non-hydrogen) atoms. The van der Waals surface area contributed by atoms with E-state index in [1.165, 1.54) is 14.2 Å². The maximum Gasteiger partial charge on any atom is 0.251 e. The number of ether oxygens (including phenoxy) is 2. The molecule has 2 aromatic carbocycles. The van der Waals surface area contributed by atoms with Gasteiger partial charge in [-0.3, -0.25) is 4.79 Å². The van der Waals surface area contributed by atoms with Crippen LogP contribution in [0.2, 0.25) is 5.02 Å². The van der Waals surface area contributed by atoms with Crippen LogP contribution in [0.3, 0.4) is 0 Å². The predicted octanol–water partition coefficient (Wildman–Crippen LogP) is 3.34. The maximum absolute atomic E-state index is 12.4. The molecule has 134 valence electrons. The zero-order valence-electron chi connectivity index (χ0n) is 14.2. The van der Waals surface area contributed by atoms with Gasteiger partial charge in [0.25, 0.3) is 5.91 Å². The molecule has 1 heterocycles. The Morgan fingerprint density at radius 2 is 1.85 bits per heavy atom. The molecule has 1 aromatic heterocycles. The normalized spacial score (nSPS) is 10.4. The van der Waals surface area contributed by atoms with Crippen LogP contribution in [0, 0.1) is 0 Å². The van der Waals surface area contributed by atoms with Gasteiger partial charge >= 0.3 is 0 Å². The largest absolute Gasteiger partial charge is 0.497 e. The zero-order valence-corrected chi connectivity index (χ0v) is 14.9. The van der Waals surface area contributed by atoms with E-state index in [2.05, 4.69) is 15.5 Å². The number of aromatic nitrogens is 2. The summed E-state index contributed by atoms with van der Waals surface area (Å²) in [5.74, 6) is 1.35. The Morgan fingerprint density at radius 1 is 1.15 bits per heavy atom. The SMILES string of the molecule is COc1cc(OC)cc(C(=O)NCc2nc(-c3ccccc3Cl)no2)c1. The number of halogens is 1. The first-order chi connectivity index (χ1) is 12.6. The molecule has 0 aliphatic carbocycles. The van der Waals surface area contributed by atoms with Crippen molar-refractivity contribution in [2.24, 2.45) is 0 Å². The lowest BCUT2D eigenvalue weighted by Gasteiger charge is -2.08. The number of hydrogen-bond donors (Lipinski definition) is 1. The lowest BCUT2D eigenvalue weighted by atomic mass is 10.2. The summed E-state index contributed by atoms with van der Waals surface area (Å²) in [4.78, 5) is 16.6. The summed E-state index contributed by atoms with van der Waals surface area (Å²) in [6, 6.07) is 12.1. The molecule has 3 rings (SSSR count). The van der Waals surface area contributed by atoms with E-state index >= 15 is 0 Å². The van der Waals surface area contributed by atoms with Crippen molar-refractivity contribution in [1.29, 1.82) is 0 Å². The number of carbonyl (C=O) groups is 1. The van der Waals surface area contributed by atoms with Gasteiger partial charge in [-0.05, 0) is 24.3 Å². The lowest BCUT2D eigenvalue weighted by molar-refractivity contribution is 0.0945. The Balaban J connectivity index is 1.70. The molecular formula is C18H16ClN3O4. The Morgan fingerprint density at radius 3 is 2.50 bits per heavy atom. The molecule has 1 N–H and O–H groups in total. The highest BCUT2D eigenvalue weighted by molar-refractivity contribution is 6.33. The van der Waals surface area contributed by atoms with Crippen molar-refractivity contribution in [3.8, 4) is 22.9 Å². The van der Waals surface area contributed by atoms with Gasteiger partial charge in [0.1, 0.15) is 11.5 Å². The fourth-order valence-electron chi connectivity index (χ4n) is 2.28. The number of amides is 1. The van der Waals surface area contributed by atoms with Crippen LogP contribution in [0.25, 0.3) is 11.4 Å². The van der Waals surface area contributed by atoms with Gasteiger partial charge in [0, 0.05) is 17.2 Å². The molecule has 0 atom stereocenters. The minimum atomic E-state index is -0.320. The summed E-state index contributed by atoms with van der Waals surface area (Å²) in [5.41, 5.74) is 1.06. The van der Waals surface area contributed by atoms with Crippen LogP contribution in [0.1, 0.15) is 16.2 Å². The molecule has 1 amide bonds. The standard InChI is InChI=1S/C18H16ClN3O4/c1-24-12-7-11(8-13(9-12)25-2)18(23)20-10-16-21-17(22-26-16)14-5-3-4-6-15(14)19/h3-9H,10H2,1-2H3,(H,20,23). The third kappa shape index (κ3) is 3.94. The molecule has 0 bridgehead atoms. The van der Waals surface area contributed by atoms with Crippen molar-refractivity contribution in [1.82, 2.24) is 15.5 Å². The van der Waals surface area contributed by atoms with Crippen LogP contribution in [-0.4, -0.2) is 30.3 Å². The molecule has 0 unspecified atom stereocenters. The van der Waals surface area contributed by atoms with Gasteiger partial charge in [0.2, 0.25) is 11.7 Å². The summed E-state index contributed by atoms with van der Waals surface area (Å²) in [6.07, 6.45) is 0. The lowest BCUT2D eigenvalue weighted by Crippen LogP contribution is -2.23. The van der Waals surface area contributed by atoms with Crippen LogP contribution >= 0.6 is 11.6 Å². The molecular weight excluding hydrogens is 358 g/mol. The summed E-state index contributed by atoms with van der Waals surface area (Å²) < 4.78 is 15.5. The molecule has 0 aliphatic heterocycles. The fourth-order valence-corrected chi connectivity index (χ4v) is 2.50. The first-order valence-electron chi connectivity index (χ1n) is 7.69. The van der Waals surface area contributed by atoms with Crippen LogP contribution in [0.4, 0.5) is 0 Å². The van der Waals surface area contributed by atoms with Gasteiger partial charge in [0.05, 0.1) is 25.8 Å². The van der Waals surface area contributed by atoms with Crippen molar-refractivity contribution in [2.45, 2.75) is 6.54 Å². The fraction of sp³-hybridized carbons (Fsp3) is 0.167. The number of benzene rings is 2. The Kier molecular flexibility index (Phi) is 5.38. The third-order valence-corrected chi connectivity index (χ3v) is 3.93. The Labute approximate surface area is 154 Å². The van der Waals surface area contributed by atoms with Gasteiger partial charge in [-0.25, -0.2) is 0 Å². The van der Waals surface area contributed by atoms with Crippen LogP contribution in [0.5, 0.6) is 11.5 Å². The van der Waals surface area contributed by atoms with E-state index in [0.29, 0.717) is 33.5 Å². The highest BCUT2D eigenvalue weighted by Crippen LogP contribution is 2.25. The molecule has 3 aromatic rings. The molecule has 0 saturated heterocycles. The van der Waals surface area contributed by atoms with Crippen LogP contribution < -0.4 is 14.8 Å². The molecule has 0 radical (unpaired) electrons. The Hall–Kier alpha value is -3.06. The number of nitrogens with zero attached hydrogens (tertiary/aromatic N) is 2. The van der Waals surface area contributed by atoms with Crippen molar-refractivity contribution >= 4 is 17.5 Å². The zero-order chi connectivity index (χ0) is 18.5. The van der Waals surface area contributed by atoms with Crippen molar-refractivity contribution in [3.63, 3.8) is 0 Å². The maximum atomic E-state index is 12.4. The molecule has 7 nitrogen and oxygen atoms in total. The number of nitrogens with one attached hydrogen (secondary N) is 1. The highest BCUT2D eigenvalue weighted by atomic mass is 35.5. The van der Waals surface area contributed by atoms with E-state index in [0.717, 1.165) is 0 Å². The van der Waals surface area contributed by atoms with Crippen molar-refractivity contribution < 1.29 is 18.8 Å². The number of methoxy groups -OCH3 is 2. The average molecular weight is 374 g/mol. The van der Waals surface area contributed by atoms with Gasteiger partial charge in [-0.15, -0.1) is 0 Å². The van der Waals surface area contributed by atoms with E-state index in [-0.39, 0.29) is 18.3 Å². The van der Waals surface area contributed by atoms with Crippen molar-refractivity contribution in [3.05, 3.63) is 58.9 Å². The minimum absolute atomic E-state index is 0.0792. The Bertz CT molecular complexity index is 904. The first-order valence-corrected chi connectivity index (χ1v) is 8.07. The van der Waals surface area contributed by atoms with E-state index < -0.39 is 0 Å². The molecule has 8 heteroatoms. The van der Waals surface area contributed by atoms with Gasteiger partial charge < -0.3 is 19.3 Å². The summed E-state index contributed by atoms with van der Waals surface area (Å²) in [6.45, 7) is 0.0792. The van der Waals surface area contributed by atoms with Gasteiger partial charge in [-0.2, -0.15) is 4.98 Å². The van der Waals surface area contributed by atoms with Crippen LogP contribution in [0.15, 0.2) is 47.0 Å².